The second-order valence-corrected chi connectivity index (χ2v) is 7.78. The summed E-state index contributed by atoms with van der Waals surface area (Å²) < 4.78 is 43.7. The Morgan fingerprint density at radius 2 is 1.56 bits per heavy atom. The van der Waals surface area contributed by atoms with Crippen molar-refractivity contribution in [2.24, 2.45) is 0 Å². The topological polar surface area (TPSA) is 47.9 Å². The zero-order valence-corrected chi connectivity index (χ0v) is 18.1. The number of nitrogens with zero attached hydrogens (tertiary/aromatic N) is 3. The summed E-state index contributed by atoms with van der Waals surface area (Å²) in [6.07, 6.45) is -2.27. The predicted molar refractivity (Wildman–Crippen MR) is 117 cm³/mol. The number of hydrogen-bond donors (Lipinski definition) is 0. The summed E-state index contributed by atoms with van der Waals surface area (Å²) in [5, 5.41) is 0.734. The zero-order valence-electron chi connectivity index (χ0n) is 15.9. The highest BCUT2D eigenvalue weighted by molar-refractivity contribution is 6.36. The third-order valence-electron chi connectivity index (χ3n) is 4.32. The van der Waals surface area contributed by atoms with E-state index in [0.29, 0.717) is 44.6 Å². The van der Waals surface area contributed by atoms with Gasteiger partial charge >= 0.3 is 6.18 Å². The molecule has 4 nitrogen and oxygen atoms in total. The highest BCUT2D eigenvalue weighted by Crippen LogP contribution is 2.35. The molecule has 0 saturated carbocycles. The van der Waals surface area contributed by atoms with E-state index in [9.17, 15) is 13.2 Å². The molecule has 0 N–H and O–H groups in total. The number of hydrogen-bond acceptors (Lipinski definition) is 4. The molecule has 0 unspecified atom stereocenters. The van der Waals surface area contributed by atoms with E-state index in [0.717, 1.165) is 6.07 Å². The number of pyridine rings is 1. The van der Waals surface area contributed by atoms with E-state index in [1.807, 2.05) is 0 Å². The Kier molecular flexibility index (Phi) is 6.24. The van der Waals surface area contributed by atoms with E-state index in [1.165, 1.54) is 0 Å². The van der Waals surface area contributed by atoms with Crippen LogP contribution in [0.5, 0.6) is 11.6 Å². The summed E-state index contributed by atoms with van der Waals surface area (Å²) in [6, 6.07) is 14.2. The lowest BCUT2D eigenvalue weighted by Gasteiger charge is -2.10. The lowest BCUT2D eigenvalue weighted by molar-refractivity contribution is -0.137. The molecular formula is C22H11Cl3F3N3O. The van der Waals surface area contributed by atoms with Crippen LogP contribution in [0.3, 0.4) is 0 Å². The average molecular weight is 497 g/mol. The van der Waals surface area contributed by atoms with Gasteiger partial charge in [-0.05, 0) is 54.6 Å². The zero-order chi connectivity index (χ0) is 22.9. The monoisotopic (exact) mass is 495 g/mol. The van der Waals surface area contributed by atoms with E-state index in [1.54, 1.807) is 54.7 Å². The third-order valence-corrected chi connectivity index (χ3v) is 5.14. The van der Waals surface area contributed by atoms with Crippen LogP contribution in [0, 0.1) is 0 Å². The van der Waals surface area contributed by atoms with Crippen LogP contribution in [0.25, 0.3) is 22.6 Å². The first-order valence-electron chi connectivity index (χ1n) is 9.00. The van der Waals surface area contributed by atoms with Gasteiger partial charge in [0.1, 0.15) is 10.8 Å². The van der Waals surface area contributed by atoms with Gasteiger partial charge in [-0.15, -0.1) is 0 Å². The van der Waals surface area contributed by atoms with Gasteiger partial charge < -0.3 is 4.74 Å². The molecule has 0 radical (unpaired) electrons. The Bertz CT molecular complexity index is 1280. The molecule has 162 valence electrons. The largest absolute Gasteiger partial charge is 0.438 e. The standard InChI is InChI=1S/C22H11Cl3F3N3O/c23-14-3-6-16(17(24)10-14)19-7-8-29-20(31-19)12-1-4-15(5-2-12)32-21-18(25)9-13(11-30-21)22(26,27)28/h1-11H. The molecule has 10 heteroatoms. The molecule has 0 atom stereocenters. The summed E-state index contributed by atoms with van der Waals surface area (Å²) in [5.74, 6) is 0.647. The van der Waals surface area contributed by atoms with E-state index in [4.69, 9.17) is 39.5 Å². The van der Waals surface area contributed by atoms with Crippen LogP contribution in [0.1, 0.15) is 5.56 Å². The van der Waals surface area contributed by atoms with Gasteiger partial charge in [0.25, 0.3) is 0 Å². The van der Waals surface area contributed by atoms with Crippen molar-refractivity contribution in [2.75, 3.05) is 0 Å². The van der Waals surface area contributed by atoms with Gasteiger partial charge in [-0.3, -0.25) is 0 Å². The molecular weight excluding hydrogens is 486 g/mol. The minimum Gasteiger partial charge on any atom is -0.438 e. The SMILES string of the molecule is FC(F)(F)c1cnc(Oc2ccc(-c3nccc(-c4ccc(Cl)cc4Cl)n3)cc2)c(Cl)c1. The fourth-order valence-corrected chi connectivity index (χ4v) is 3.49. The number of halogens is 6. The molecule has 4 aromatic rings. The van der Waals surface area contributed by atoms with Crippen LogP contribution < -0.4 is 4.74 Å². The number of ether oxygens (including phenoxy) is 1. The average Bonchev–Trinajstić information content (AvgIpc) is 2.75. The van der Waals surface area contributed by atoms with Gasteiger partial charge in [0.15, 0.2) is 5.82 Å². The molecule has 0 bridgehead atoms. The highest BCUT2D eigenvalue weighted by Gasteiger charge is 2.31. The first kappa shape index (κ1) is 22.3. The second kappa shape index (κ2) is 8.94. The minimum absolute atomic E-state index is 0.136. The minimum atomic E-state index is -4.54. The van der Waals surface area contributed by atoms with Crippen molar-refractivity contribution in [1.29, 1.82) is 0 Å². The van der Waals surface area contributed by atoms with Gasteiger partial charge in [-0.25, -0.2) is 15.0 Å². The van der Waals surface area contributed by atoms with Gasteiger partial charge in [0, 0.05) is 28.5 Å². The number of aromatic nitrogens is 3. The van der Waals surface area contributed by atoms with Gasteiger partial charge in [0.05, 0.1) is 16.3 Å². The van der Waals surface area contributed by atoms with Crippen molar-refractivity contribution in [3.8, 4) is 34.3 Å². The normalized spacial score (nSPS) is 11.4. The molecule has 32 heavy (non-hydrogen) atoms. The maximum atomic E-state index is 12.7. The molecule has 0 aliphatic rings. The summed E-state index contributed by atoms with van der Waals surface area (Å²) in [7, 11) is 0. The Labute approximate surface area is 195 Å². The Balaban J connectivity index is 1.56. The fraction of sp³-hybridized carbons (Fsp3) is 0.0455. The maximum Gasteiger partial charge on any atom is 0.417 e. The van der Waals surface area contributed by atoms with Crippen LogP contribution in [-0.4, -0.2) is 15.0 Å². The van der Waals surface area contributed by atoms with Crippen LogP contribution in [0.15, 0.2) is 67.0 Å². The van der Waals surface area contributed by atoms with E-state index >= 15 is 0 Å². The van der Waals surface area contributed by atoms with E-state index in [-0.39, 0.29) is 10.9 Å². The molecule has 2 aromatic heterocycles. The Morgan fingerprint density at radius 3 is 2.22 bits per heavy atom. The molecule has 0 saturated heterocycles. The smallest absolute Gasteiger partial charge is 0.417 e. The molecule has 0 aliphatic carbocycles. The highest BCUT2D eigenvalue weighted by atomic mass is 35.5. The van der Waals surface area contributed by atoms with Crippen LogP contribution in [0.2, 0.25) is 15.1 Å². The summed E-state index contributed by atoms with van der Waals surface area (Å²) >= 11 is 18.1. The summed E-state index contributed by atoms with van der Waals surface area (Å²) in [6.45, 7) is 0. The molecule has 0 amide bonds. The molecule has 2 heterocycles. The van der Waals surface area contributed by atoms with Crippen molar-refractivity contribution in [1.82, 2.24) is 15.0 Å². The van der Waals surface area contributed by atoms with E-state index < -0.39 is 11.7 Å². The third kappa shape index (κ3) is 4.96. The number of alkyl halides is 3. The van der Waals surface area contributed by atoms with E-state index in [2.05, 4.69) is 15.0 Å². The first-order valence-corrected chi connectivity index (χ1v) is 10.1. The van der Waals surface area contributed by atoms with Crippen LogP contribution in [0.4, 0.5) is 13.2 Å². The summed E-state index contributed by atoms with van der Waals surface area (Å²) in [5.41, 5.74) is 1.07. The molecule has 4 rings (SSSR count). The number of benzene rings is 2. The molecule has 2 aromatic carbocycles. The van der Waals surface area contributed by atoms with Crippen molar-refractivity contribution < 1.29 is 17.9 Å². The first-order chi connectivity index (χ1) is 15.2. The van der Waals surface area contributed by atoms with Gasteiger partial charge in [-0.1, -0.05) is 34.8 Å². The van der Waals surface area contributed by atoms with Crippen LogP contribution >= 0.6 is 34.8 Å². The van der Waals surface area contributed by atoms with Gasteiger partial charge in [-0.2, -0.15) is 13.2 Å². The Morgan fingerprint density at radius 1 is 0.812 bits per heavy atom. The van der Waals surface area contributed by atoms with Crippen molar-refractivity contribution in [3.05, 3.63) is 87.6 Å². The predicted octanol–water partition coefficient (Wildman–Crippen LogP) is 7.98. The van der Waals surface area contributed by atoms with Crippen molar-refractivity contribution >= 4 is 34.8 Å². The second-order valence-electron chi connectivity index (χ2n) is 6.52. The summed E-state index contributed by atoms with van der Waals surface area (Å²) in [4.78, 5) is 12.5. The maximum absolute atomic E-state index is 12.7. The Hall–Kier alpha value is -2.87. The lowest BCUT2D eigenvalue weighted by Crippen LogP contribution is -2.05. The quantitative estimate of drug-likeness (QED) is 0.287. The number of rotatable bonds is 4. The lowest BCUT2D eigenvalue weighted by atomic mass is 10.1. The fourth-order valence-electron chi connectivity index (χ4n) is 2.78. The molecule has 0 fully saturated rings. The molecule has 0 spiro atoms. The van der Waals surface area contributed by atoms with Crippen LogP contribution in [-0.2, 0) is 6.18 Å². The van der Waals surface area contributed by atoms with Gasteiger partial charge in [0.2, 0.25) is 5.88 Å². The van der Waals surface area contributed by atoms with Crippen molar-refractivity contribution in [2.45, 2.75) is 6.18 Å². The van der Waals surface area contributed by atoms with Crippen molar-refractivity contribution in [3.63, 3.8) is 0 Å². The molecule has 0 aliphatic heterocycles.